The minimum atomic E-state index is -3.69. The van der Waals surface area contributed by atoms with Crippen LogP contribution in [0, 0.1) is 6.92 Å². The number of benzene rings is 2. The zero-order valence-electron chi connectivity index (χ0n) is 13.8. The highest BCUT2D eigenvalue weighted by Crippen LogP contribution is 2.30. The summed E-state index contributed by atoms with van der Waals surface area (Å²) in [4.78, 5) is 12.2. The Hall–Kier alpha value is -1.76. The van der Waals surface area contributed by atoms with Crippen molar-refractivity contribution in [1.29, 1.82) is 0 Å². The minimum absolute atomic E-state index is 0.157. The van der Waals surface area contributed by atoms with Crippen LogP contribution in [-0.2, 0) is 21.4 Å². The third-order valence-electron chi connectivity index (χ3n) is 3.44. The number of anilines is 1. The van der Waals surface area contributed by atoms with Gasteiger partial charge in [0, 0.05) is 11.6 Å². The SMILES string of the molecule is Cc1cccc(CNC(=O)CN(c2ccc(Cl)cc2Cl)S(C)(=O)=O)c1. The second-order valence-corrected chi connectivity index (χ2v) is 8.38. The second kappa shape index (κ2) is 8.08. The van der Waals surface area contributed by atoms with Crippen LogP contribution < -0.4 is 9.62 Å². The largest absolute Gasteiger partial charge is 0.350 e. The van der Waals surface area contributed by atoms with Gasteiger partial charge in [0.15, 0.2) is 0 Å². The quantitative estimate of drug-likeness (QED) is 0.807. The Morgan fingerprint density at radius 2 is 1.88 bits per heavy atom. The predicted molar refractivity (Wildman–Crippen MR) is 102 cm³/mol. The van der Waals surface area contributed by atoms with Gasteiger partial charge in [-0.05, 0) is 30.7 Å². The fraction of sp³-hybridized carbons (Fsp3) is 0.235. The van der Waals surface area contributed by atoms with Gasteiger partial charge in [0.1, 0.15) is 6.54 Å². The van der Waals surface area contributed by atoms with Gasteiger partial charge in [-0.25, -0.2) is 8.42 Å². The molecule has 0 aliphatic heterocycles. The molecule has 0 saturated carbocycles. The van der Waals surface area contributed by atoms with E-state index < -0.39 is 15.9 Å². The molecule has 0 aromatic heterocycles. The van der Waals surface area contributed by atoms with Crippen LogP contribution in [0.2, 0.25) is 10.0 Å². The molecule has 0 spiro atoms. The summed E-state index contributed by atoms with van der Waals surface area (Å²) < 4.78 is 25.1. The van der Waals surface area contributed by atoms with E-state index in [9.17, 15) is 13.2 Å². The van der Waals surface area contributed by atoms with E-state index >= 15 is 0 Å². The van der Waals surface area contributed by atoms with Crippen molar-refractivity contribution in [2.75, 3.05) is 17.1 Å². The molecule has 0 aliphatic carbocycles. The number of nitrogens with one attached hydrogen (secondary N) is 1. The molecule has 0 aliphatic rings. The molecular formula is C17H18Cl2N2O3S. The molecule has 2 rings (SSSR count). The Labute approximate surface area is 157 Å². The number of amides is 1. The number of carbonyl (C=O) groups excluding carboxylic acids is 1. The van der Waals surface area contributed by atoms with E-state index in [0.717, 1.165) is 21.7 Å². The topological polar surface area (TPSA) is 66.5 Å². The Bertz CT molecular complexity index is 885. The van der Waals surface area contributed by atoms with E-state index in [-0.39, 0.29) is 17.3 Å². The van der Waals surface area contributed by atoms with Gasteiger partial charge in [0.2, 0.25) is 15.9 Å². The van der Waals surface area contributed by atoms with Crippen molar-refractivity contribution in [3.8, 4) is 0 Å². The normalized spacial score (nSPS) is 11.2. The van der Waals surface area contributed by atoms with E-state index in [2.05, 4.69) is 5.32 Å². The monoisotopic (exact) mass is 400 g/mol. The lowest BCUT2D eigenvalue weighted by atomic mass is 10.1. The number of halogens is 2. The van der Waals surface area contributed by atoms with Crippen LogP contribution in [0.3, 0.4) is 0 Å². The first-order valence-corrected chi connectivity index (χ1v) is 10.0. The summed E-state index contributed by atoms with van der Waals surface area (Å²) in [6, 6.07) is 12.1. The first kappa shape index (κ1) is 19.6. The van der Waals surface area contributed by atoms with Gasteiger partial charge < -0.3 is 5.32 Å². The van der Waals surface area contributed by atoms with Crippen LogP contribution in [0.5, 0.6) is 0 Å². The third-order valence-corrected chi connectivity index (χ3v) is 5.10. The standard InChI is InChI=1S/C17H18Cl2N2O3S/c1-12-4-3-5-13(8-12)10-20-17(22)11-21(25(2,23)24)16-7-6-14(18)9-15(16)19/h3-9H,10-11H2,1-2H3,(H,20,22). The van der Waals surface area contributed by atoms with Gasteiger partial charge in [-0.2, -0.15) is 0 Å². The number of hydrogen-bond donors (Lipinski definition) is 1. The molecule has 8 heteroatoms. The zero-order valence-corrected chi connectivity index (χ0v) is 16.1. The van der Waals surface area contributed by atoms with Gasteiger partial charge in [0.05, 0.1) is 17.0 Å². The zero-order chi connectivity index (χ0) is 18.6. The maximum atomic E-state index is 12.2. The lowest BCUT2D eigenvalue weighted by Gasteiger charge is -2.23. The summed E-state index contributed by atoms with van der Waals surface area (Å²) in [5.74, 6) is -0.432. The summed E-state index contributed by atoms with van der Waals surface area (Å²) in [5, 5.41) is 3.25. The number of aryl methyl sites for hydroxylation is 1. The van der Waals surface area contributed by atoms with Crippen molar-refractivity contribution >= 4 is 44.8 Å². The van der Waals surface area contributed by atoms with Crippen LogP contribution in [0.25, 0.3) is 0 Å². The first-order valence-electron chi connectivity index (χ1n) is 7.42. The molecule has 0 unspecified atom stereocenters. The van der Waals surface area contributed by atoms with Crippen molar-refractivity contribution in [2.45, 2.75) is 13.5 Å². The maximum absolute atomic E-state index is 12.2. The number of sulfonamides is 1. The maximum Gasteiger partial charge on any atom is 0.241 e. The lowest BCUT2D eigenvalue weighted by Crippen LogP contribution is -2.40. The fourth-order valence-corrected chi connectivity index (χ4v) is 3.70. The molecular weight excluding hydrogens is 383 g/mol. The van der Waals surface area contributed by atoms with Crippen molar-refractivity contribution in [3.05, 3.63) is 63.6 Å². The van der Waals surface area contributed by atoms with Crippen LogP contribution in [0.15, 0.2) is 42.5 Å². The average Bonchev–Trinajstić information content (AvgIpc) is 2.50. The highest BCUT2D eigenvalue weighted by Gasteiger charge is 2.23. The van der Waals surface area contributed by atoms with Crippen LogP contribution >= 0.6 is 23.2 Å². The minimum Gasteiger partial charge on any atom is -0.350 e. The van der Waals surface area contributed by atoms with Crippen LogP contribution in [-0.4, -0.2) is 27.1 Å². The highest BCUT2D eigenvalue weighted by atomic mass is 35.5. The van der Waals surface area contributed by atoms with E-state index in [1.165, 1.54) is 18.2 Å². The fourth-order valence-electron chi connectivity index (χ4n) is 2.27. The van der Waals surface area contributed by atoms with Gasteiger partial charge in [-0.1, -0.05) is 53.0 Å². The molecule has 0 saturated heterocycles. The van der Waals surface area contributed by atoms with E-state index in [1.807, 2.05) is 31.2 Å². The molecule has 0 fully saturated rings. The molecule has 0 atom stereocenters. The van der Waals surface area contributed by atoms with Gasteiger partial charge in [-0.15, -0.1) is 0 Å². The molecule has 0 radical (unpaired) electrons. The molecule has 0 heterocycles. The number of hydrogen-bond acceptors (Lipinski definition) is 3. The van der Waals surface area contributed by atoms with Gasteiger partial charge >= 0.3 is 0 Å². The Morgan fingerprint density at radius 3 is 2.48 bits per heavy atom. The van der Waals surface area contributed by atoms with Crippen molar-refractivity contribution < 1.29 is 13.2 Å². The highest BCUT2D eigenvalue weighted by molar-refractivity contribution is 7.92. The predicted octanol–water partition coefficient (Wildman–Crippen LogP) is 3.38. The first-order chi connectivity index (χ1) is 11.7. The summed E-state index contributed by atoms with van der Waals surface area (Å²) in [5.41, 5.74) is 2.22. The van der Waals surface area contributed by atoms with Crippen LogP contribution in [0.1, 0.15) is 11.1 Å². The molecule has 2 aromatic rings. The number of nitrogens with zero attached hydrogens (tertiary/aromatic N) is 1. The molecule has 25 heavy (non-hydrogen) atoms. The van der Waals surface area contributed by atoms with E-state index in [0.29, 0.717) is 11.6 Å². The smallest absolute Gasteiger partial charge is 0.241 e. The van der Waals surface area contributed by atoms with Crippen molar-refractivity contribution in [3.63, 3.8) is 0 Å². The van der Waals surface area contributed by atoms with Gasteiger partial charge in [0.25, 0.3) is 0 Å². The Kier molecular flexibility index (Phi) is 6.32. The average molecular weight is 401 g/mol. The van der Waals surface area contributed by atoms with Crippen molar-refractivity contribution in [2.24, 2.45) is 0 Å². The second-order valence-electron chi connectivity index (χ2n) is 5.63. The molecule has 1 amide bonds. The summed E-state index contributed by atoms with van der Waals surface area (Å²) in [6.45, 7) is 1.90. The summed E-state index contributed by atoms with van der Waals surface area (Å²) in [6.07, 6.45) is 1.02. The summed E-state index contributed by atoms with van der Waals surface area (Å²) >= 11 is 11.9. The molecule has 0 bridgehead atoms. The molecule has 5 nitrogen and oxygen atoms in total. The molecule has 2 aromatic carbocycles. The number of carbonyl (C=O) groups is 1. The molecule has 1 N–H and O–H groups in total. The number of rotatable bonds is 6. The van der Waals surface area contributed by atoms with E-state index in [1.54, 1.807) is 0 Å². The van der Waals surface area contributed by atoms with Gasteiger partial charge in [-0.3, -0.25) is 9.10 Å². The summed E-state index contributed by atoms with van der Waals surface area (Å²) in [7, 11) is -3.69. The third kappa shape index (κ3) is 5.63. The lowest BCUT2D eigenvalue weighted by molar-refractivity contribution is -0.119. The Balaban J connectivity index is 2.13. The Morgan fingerprint density at radius 1 is 1.16 bits per heavy atom. The van der Waals surface area contributed by atoms with Crippen LogP contribution in [0.4, 0.5) is 5.69 Å². The van der Waals surface area contributed by atoms with E-state index in [4.69, 9.17) is 23.2 Å². The van der Waals surface area contributed by atoms with Crippen molar-refractivity contribution in [1.82, 2.24) is 5.32 Å². The molecule has 134 valence electrons.